The van der Waals surface area contributed by atoms with Crippen molar-refractivity contribution in [3.8, 4) is 0 Å². The Hall–Kier alpha value is -0.870. The number of rotatable bonds is 3. The van der Waals surface area contributed by atoms with E-state index in [1.54, 1.807) is 0 Å². The van der Waals surface area contributed by atoms with Crippen molar-refractivity contribution in [2.45, 2.75) is 0 Å². The Morgan fingerprint density at radius 1 is 1.40 bits per heavy atom. The highest BCUT2D eigenvalue weighted by molar-refractivity contribution is 9.10. The van der Waals surface area contributed by atoms with Gasteiger partial charge in [0, 0.05) is 35.6 Å². The lowest BCUT2D eigenvalue weighted by Crippen LogP contribution is -2.48. The van der Waals surface area contributed by atoms with E-state index in [0.717, 1.165) is 24.1 Å². The van der Waals surface area contributed by atoms with E-state index in [2.05, 4.69) is 26.6 Å². The van der Waals surface area contributed by atoms with Crippen LogP contribution < -0.4 is 10.6 Å². The summed E-state index contributed by atoms with van der Waals surface area (Å²) in [6, 6.07) is 7.39. The van der Waals surface area contributed by atoms with Crippen LogP contribution in [-0.4, -0.2) is 25.5 Å². The molecule has 4 heteroatoms. The highest BCUT2D eigenvalue weighted by Crippen LogP contribution is 2.10. The minimum Gasteiger partial charge on any atom is -0.352 e. The average Bonchev–Trinajstić information content (AvgIpc) is 2.16. The normalized spacial score (nSPS) is 15.8. The zero-order chi connectivity index (χ0) is 10.7. The van der Waals surface area contributed by atoms with Crippen LogP contribution in [0.2, 0.25) is 0 Å². The molecule has 1 aliphatic heterocycles. The molecular weight excluding hydrogens is 256 g/mol. The van der Waals surface area contributed by atoms with E-state index in [1.165, 1.54) is 0 Å². The molecule has 1 aromatic rings. The summed E-state index contributed by atoms with van der Waals surface area (Å²) in [5.41, 5.74) is 0.713. The quantitative estimate of drug-likeness (QED) is 0.870. The second-order valence-corrected chi connectivity index (χ2v) is 4.66. The molecule has 1 aliphatic rings. The van der Waals surface area contributed by atoms with Gasteiger partial charge in [0.25, 0.3) is 5.91 Å². The summed E-state index contributed by atoms with van der Waals surface area (Å²) < 4.78 is 0.988. The molecule has 2 N–H and O–H groups in total. The summed E-state index contributed by atoms with van der Waals surface area (Å²) in [5.74, 6) is 0.610. The maximum atomic E-state index is 11.7. The molecule has 1 fully saturated rings. The molecule has 15 heavy (non-hydrogen) atoms. The molecule has 0 spiro atoms. The number of hydrogen-bond donors (Lipinski definition) is 2. The number of nitrogens with one attached hydrogen (secondary N) is 2. The lowest BCUT2D eigenvalue weighted by molar-refractivity contribution is 0.0942. The van der Waals surface area contributed by atoms with Crippen LogP contribution in [0.5, 0.6) is 0 Å². The Morgan fingerprint density at radius 2 is 2.07 bits per heavy atom. The lowest BCUT2D eigenvalue weighted by atomic mass is 10.0. The second kappa shape index (κ2) is 4.77. The van der Waals surface area contributed by atoms with E-state index < -0.39 is 0 Å². The minimum atomic E-state index is 0.00870. The van der Waals surface area contributed by atoms with Gasteiger partial charge in [-0.3, -0.25) is 4.79 Å². The third-order valence-electron chi connectivity index (χ3n) is 2.52. The Morgan fingerprint density at radius 3 is 2.60 bits per heavy atom. The third kappa shape index (κ3) is 2.79. The first-order valence-electron chi connectivity index (χ1n) is 5.00. The Bertz CT molecular complexity index is 346. The molecule has 3 nitrogen and oxygen atoms in total. The molecule has 0 unspecified atom stereocenters. The van der Waals surface area contributed by atoms with Crippen LogP contribution in [0, 0.1) is 5.92 Å². The van der Waals surface area contributed by atoms with Crippen molar-refractivity contribution in [1.82, 2.24) is 10.6 Å². The van der Waals surface area contributed by atoms with E-state index >= 15 is 0 Å². The Balaban J connectivity index is 1.86. The van der Waals surface area contributed by atoms with E-state index in [-0.39, 0.29) is 5.91 Å². The van der Waals surface area contributed by atoms with Gasteiger partial charge < -0.3 is 10.6 Å². The fourth-order valence-corrected chi connectivity index (χ4v) is 1.70. The van der Waals surface area contributed by atoms with E-state index in [1.807, 2.05) is 24.3 Å². The summed E-state index contributed by atoms with van der Waals surface area (Å²) >= 11 is 3.34. The highest BCUT2D eigenvalue weighted by Gasteiger charge is 2.17. The van der Waals surface area contributed by atoms with Crippen molar-refractivity contribution in [2.24, 2.45) is 5.92 Å². The Labute approximate surface area is 97.4 Å². The smallest absolute Gasteiger partial charge is 0.251 e. The molecule has 1 saturated heterocycles. The van der Waals surface area contributed by atoms with Gasteiger partial charge in [-0.05, 0) is 24.3 Å². The first kappa shape index (κ1) is 10.6. The van der Waals surface area contributed by atoms with Gasteiger partial charge in [-0.25, -0.2) is 0 Å². The van der Waals surface area contributed by atoms with E-state index in [9.17, 15) is 4.79 Å². The van der Waals surface area contributed by atoms with Crippen LogP contribution in [0.4, 0.5) is 0 Å². The first-order chi connectivity index (χ1) is 7.25. The topological polar surface area (TPSA) is 41.1 Å². The maximum absolute atomic E-state index is 11.7. The molecule has 1 amide bonds. The molecule has 1 heterocycles. The fourth-order valence-electron chi connectivity index (χ4n) is 1.43. The zero-order valence-corrected chi connectivity index (χ0v) is 9.88. The van der Waals surface area contributed by atoms with Crippen LogP contribution in [0.1, 0.15) is 10.4 Å². The summed E-state index contributed by atoms with van der Waals surface area (Å²) in [6.45, 7) is 2.79. The van der Waals surface area contributed by atoms with Crippen LogP contribution in [0.25, 0.3) is 0 Å². The van der Waals surface area contributed by atoms with Crippen molar-refractivity contribution in [2.75, 3.05) is 19.6 Å². The largest absolute Gasteiger partial charge is 0.352 e. The Kier molecular flexibility index (Phi) is 3.38. The summed E-state index contributed by atoms with van der Waals surface area (Å²) in [4.78, 5) is 11.7. The molecule has 0 radical (unpaired) electrons. The molecule has 80 valence electrons. The van der Waals surface area contributed by atoms with Crippen LogP contribution >= 0.6 is 15.9 Å². The number of amides is 1. The zero-order valence-electron chi connectivity index (χ0n) is 8.29. The van der Waals surface area contributed by atoms with Crippen molar-refractivity contribution < 1.29 is 4.79 Å². The van der Waals surface area contributed by atoms with Crippen molar-refractivity contribution in [3.05, 3.63) is 34.3 Å². The minimum absolute atomic E-state index is 0.00870. The molecule has 0 aliphatic carbocycles. The lowest BCUT2D eigenvalue weighted by Gasteiger charge is -2.27. The van der Waals surface area contributed by atoms with Gasteiger partial charge in [-0.1, -0.05) is 15.9 Å². The standard InChI is InChI=1S/C11H13BrN2O/c12-10-3-1-9(2-4-10)11(15)14-7-8-5-13-6-8/h1-4,8,13H,5-7H2,(H,14,15). The molecule has 2 rings (SSSR count). The van der Waals surface area contributed by atoms with E-state index in [0.29, 0.717) is 11.5 Å². The third-order valence-corrected chi connectivity index (χ3v) is 3.05. The maximum Gasteiger partial charge on any atom is 0.251 e. The first-order valence-corrected chi connectivity index (χ1v) is 5.79. The van der Waals surface area contributed by atoms with Crippen LogP contribution in [0.3, 0.4) is 0 Å². The number of benzene rings is 1. The summed E-state index contributed by atoms with van der Waals surface area (Å²) in [5, 5.41) is 6.10. The highest BCUT2D eigenvalue weighted by atomic mass is 79.9. The summed E-state index contributed by atoms with van der Waals surface area (Å²) in [6.07, 6.45) is 0. The predicted molar refractivity (Wildman–Crippen MR) is 62.8 cm³/mol. The molecule has 1 aromatic carbocycles. The van der Waals surface area contributed by atoms with Gasteiger partial charge >= 0.3 is 0 Å². The van der Waals surface area contributed by atoms with Gasteiger partial charge in [-0.15, -0.1) is 0 Å². The summed E-state index contributed by atoms with van der Waals surface area (Å²) in [7, 11) is 0. The fraction of sp³-hybridized carbons (Fsp3) is 0.364. The number of carbonyl (C=O) groups excluding carboxylic acids is 1. The van der Waals surface area contributed by atoms with Gasteiger partial charge in [0.05, 0.1) is 0 Å². The monoisotopic (exact) mass is 268 g/mol. The van der Waals surface area contributed by atoms with Crippen LogP contribution in [-0.2, 0) is 0 Å². The van der Waals surface area contributed by atoms with Gasteiger partial charge in [0.1, 0.15) is 0 Å². The number of halogens is 1. The second-order valence-electron chi connectivity index (χ2n) is 3.74. The van der Waals surface area contributed by atoms with E-state index in [4.69, 9.17) is 0 Å². The van der Waals surface area contributed by atoms with Gasteiger partial charge in [-0.2, -0.15) is 0 Å². The molecule has 0 saturated carbocycles. The number of hydrogen-bond acceptors (Lipinski definition) is 2. The van der Waals surface area contributed by atoms with Crippen LogP contribution in [0.15, 0.2) is 28.7 Å². The van der Waals surface area contributed by atoms with Gasteiger partial charge in [0.2, 0.25) is 0 Å². The molecule has 0 atom stereocenters. The van der Waals surface area contributed by atoms with Crippen molar-refractivity contribution in [1.29, 1.82) is 0 Å². The molecule has 0 bridgehead atoms. The molecule has 0 aromatic heterocycles. The van der Waals surface area contributed by atoms with Crippen molar-refractivity contribution >= 4 is 21.8 Å². The van der Waals surface area contributed by atoms with Gasteiger partial charge in [0.15, 0.2) is 0 Å². The predicted octanol–water partition coefficient (Wildman–Crippen LogP) is 1.40. The van der Waals surface area contributed by atoms with Crippen molar-refractivity contribution in [3.63, 3.8) is 0 Å². The molecular formula is C11H13BrN2O. The average molecular weight is 269 g/mol. The SMILES string of the molecule is O=C(NCC1CNC1)c1ccc(Br)cc1. The number of carbonyl (C=O) groups is 1.